The molecule has 24 heavy (non-hydrogen) atoms. The molecule has 0 spiro atoms. The van der Waals surface area contributed by atoms with Crippen LogP contribution in [0.1, 0.15) is 16.7 Å². The number of aromatic amines is 1. The monoisotopic (exact) mass is 334 g/mol. The Morgan fingerprint density at radius 1 is 1.12 bits per heavy atom. The Kier molecular flexibility index (Phi) is 3.86. The Morgan fingerprint density at radius 2 is 2.00 bits per heavy atom. The maximum atomic E-state index is 4.69. The molecule has 0 aliphatic carbocycles. The fourth-order valence-electron chi connectivity index (χ4n) is 2.86. The third-order valence-corrected chi connectivity index (χ3v) is 4.98. The standard InChI is InChI=1S/C19H18N4S/c1-12-7-8-16(13(2)9-12)21-19-23-22-18(11-24-19)15-10-20-17-6-4-3-5-14(15)17/h3-10,20H,11H2,1-2H3,(H,21,23). The van der Waals surface area contributed by atoms with Crippen LogP contribution in [0, 0.1) is 13.8 Å². The van der Waals surface area contributed by atoms with E-state index in [1.807, 2.05) is 12.3 Å². The predicted octanol–water partition coefficient (Wildman–Crippen LogP) is 4.51. The summed E-state index contributed by atoms with van der Waals surface area (Å²) in [6, 6.07) is 14.6. The summed E-state index contributed by atoms with van der Waals surface area (Å²) >= 11 is 1.68. The average Bonchev–Trinajstić information content (AvgIpc) is 3.02. The zero-order chi connectivity index (χ0) is 16.5. The number of H-pyrrole nitrogens is 1. The number of fused-ring (bicyclic) bond motifs is 1. The molecule has 0 saturated heterocycles. The lowest BCUT2D eigenvalue weighted by molar-refractivity contribution is 1.03. The number of nitrogens with one attached hydrogen (secondary N) is 2. The second-order valence-corrected chi connectivity index (χ2v) is 6.88. The van der Waals surface area contributed by atoms with Gasteiger partial charge in [0.05, 0.1) is 11.4 Å². The van der Waals surface area contributed by atoms with E-state index in [-0.39, 0.29) is 0 Å². The Labute approximate surface area is 145 Å². The van der Waals surface area contributed by atoms with Gasteiger partial charge in [-0.2, -0.15) is 5.10 Å². The van der Waals surface area contributed by atoms with Gasteiger partial charge >= 0.3 is 0 Å². The van der Waals surface area contributed by atoms with E-state index in [0.29, 0.717) is 0 Å². The van der Waals surface area contributed by atoms with Crippen LogP contribution in [0.3, 0.4) is 0 Å². The first kappa shape index (κ1) is 15.0. The number of hydrogen-bond acceptors (Lipinski definition) is 3. The van der Waals surface area contributed by atoms with Gasteiger partial charge in [-0.3, -0.25) is 5.43 Å². The van der Waals surface area contributed by atoms with Gasteiger partial charge in [0.1, 0.15) is 0 Å². The fourth-order valence-corrected chi connectivity index (χ4v) is 3.63. The van der Waals surface area contributed by atoms with Crippen LogP contribution in [0.2, 0.25) is 0 Å². The number of benzene rings is 2. The maximum Gasteiger partial charge on any atom is 0.182 e. The number of hydrazone groups is 1. The van der Waals surface area contributed by atoms with Crippen molar-refractivity contribution in [2.75, 3.05) is 5.75 Å². The third kappa shape index (κ3) is 2.83. The van der Waals surface area contributed by atoms with Gasteiger partial charge in [-0.1, -0.05) is 47.7 Å². The predicted molar refractivity (Wildman–Crippen MR) is 103 cm³/mol. The number of nitrogens with zero attached hydrogens (tertiary/aromatic N) is 2. The Morgan fingerprint density at radius 3 is 2.79 bits per heavy atom. The molecule has 0 bridgehead atoms. The van der Waals surface area contributed by atoms with E-state index in [4.69, 9.17) is 4.99 Å². The second kappa shape index (κ2) is 6.17. The first-order chi connectivity index (χ1) is 11.7. The van der Waals surface area contributed by atoms with E-state index in [1.54, 1.807) is 11.8 Å². The minimum Gasteiger partial charge on any atom is -0.360 e. The van der Waals surface area contributed by atoms with Crippen LogP contribution >= 0.6 is 11.8 Å². The van der Waals surface area contributed by atoms with Crippen LogP contribution in [0.25, 0.3) is 10.9 Å². The molecule has 0 atom stereocenters. The van der Waals surface area contributed by atoms with Gasteiger partial charge in [0.2, 0.25) is 0 Å². The number of thioether (sulfide) groups is 1. The normalized spacial score (nSPS) is 16.2. The highest BCUT2D eigenvalue weighted by molar-refractivity contribution is 8.14. The molecule has 4 rings (SSSR count). The summed E-state index contributed by atoms with van der Waals surface area (Å²) in [5.74, 6) is 0.804. The number of hydrogen-bond donors (Lipinski definition) is 2. The van der Waals surface area contributed by atoms with Gasteiger partial charge in [0, 0.05) is 28.4 Å². The van der Waals surface area contributed by atoms with E-state index in [2.05, 4.69) is 65.8 Å². The molecule has 2 heterocycles. The van der Waals surface area contributed by atoms with Gasteiger partial charge in [-0.15, -0.1) is 0 Å². The molecule has 2 aromatic carbocycles. The highest BCUT2D eigenvalue weighted by atomic mass is 32.2. The summed E-state index contributed by atoms with van der Waals surface area (Å²) < 4.78 is 0. The van der Waals surface area contributed by atoms with Crippen molar-refractivity contribution in [1.29, 1.82) is 0 Å². The smallest absolute Gasteiger partial charge is 0.182 e. The SMILES string of the molecule is Cc1ccc(N=C2NN=C(c3c[nH]c4ccccc34)CS2)c(C)c1. The van der Waals surface area contributed by atoms with Crippen molar-refractivity contribution < 1.29 is 0 Å². The van der Waals surface area contributed by atoms with Crippen LogP contribution in [0.5, 0.6) is 0 Å². The van der Waals surface area contributed by atoms with Crippen molar-refractivity contribution in [3.8, 4) is 0 Å². The molecule has 2 N–H and O–H groups in total. The summed E-state index contributed by atoms with van der Waals surface area (Å²) in [5.41, 5.74) is 9.84. The summed E-state index contributed by atoms with van der Waals surface area (Å²) in [7, 11) is 0. The lowest BCUT2D eigenvalue weighted by atomic mass is 10.1. The minimum absolute atomic E-state index is 0.804. The van der Waals surface area contributed by atoms with Crippen molar-refractivity contribution in [2.45, 2.75) is 13.8 Å². The van der Waals surface area contributed by atoms with E-state index in [1.165, 1.54) is 16.5 Å². The topological polar surface area (TPSA) is 52.5 Å². The number of amidine groups is 1. The summed E-state index contributed by atoms with van der Waals surface area (Å²) in [6.45, 7) is 4.18. The zero-order valence-electron chi connectivity index (χ0n) is 13.6. The van der Waals surface area contributed by atoms with Crippen molar-refractivity contribution in [3.05, 3.63) is 65.4 Å². The van der Waals surface area contributed by atoms with Crippen LogP contribution in [0.15, 0.2) is 58.8 Å². The summed E-state index contributed by atoms with van der Waals surface area (Å²) in [5, 5.41) is 6.58. The molecular formula is C19H18N4S. The summed E-state index contributed by atoms with van der Waals surface area (Å²) in [4.78, 5) is 7.99. The van der Waals surface area contributed by atoms with Crippen molar-refractivity contribution in [3.63, 3.8) is 0 Å². The maximum absolute atomic E-state index is 4.69. The number of para-hydroxylation sites is 1. The lowest BCUT2D eigenvalue weighted by Crippen LogP contribution is -2.25. The highest BCUT2D eigenvalue weighted by Crippen LogP contribution is 2.25. The Hall–Kier alpha value is -2.53. The number of aryl methyl sites for hydroxylation is 2. The molecule has 0 radical (unpaired) electrons. The minimum atomic E-state index is 0.804. The Bertz CT molecular complexity index is 968. The van der Waals surface area contributed by atoms with Gasteiger partial charge < -0.3 is 4.98 Å². The van der Waals surface area contributed by atoms with Crippen molar-refractivity contribution >= 4 is 39.2 Å². The molecule has 1 aromatic heterocycles. The van der Waals surface area contributed by atoms with Crippen LogP contribution < -0.4 is 5.43 Å². The van der Waals surface area contributed by atoms with Gasteiger partial charge in [-0.05, 0) is 31.5 Å². The molecule has 3 aromatic rings. The van der Waals surface area contributed by atoms with E-state index < -0.39 is 0 Å². The number of aromatic nitrogens is 1. The highest BCUT2D eigenvalue weighted by Gasteiger charge is 2.16. The lowest BCUT2D eigenvalue weighted by Gasteiger charge is -2.14. The zero-order valence-corrected chi connectivity index (χ0v) is 14.4. The van der Waals surface area contributed by atoms with Crippen LogP contribution in [-0.4, -0.2) is 21.6 Å². The molecule has 120 valence electrons. The third-order valence-electron chi connectivity index (χ3n) is 4.11. The largest absolute Gasteiger partial charge is 0.360 e. The first-order valence-corrected chi connectivity index (χ1v) is 8.87. The average molecular weight is 334 g/mol. The molecule has 0 unspecified atom stereocenters. The quantitative estimate of drug-likeness (QED) is 0.724. The van der Waals surface area contributed by atoms with Crippen LogP contribution in [-0.2, 0) is 0 Å². The second-order valence-electron chi connectivity index (χ2n) is 5.91. The number of rotatable bonds is 2. The molecule has 0 amide bonds. The Balaban J connectivity index is 1.60. The van der Waals surface area contributed by atoms with Crippen LogP contribution in [0.4, 0.5) is 5.69 Å². The summed E-state index contributed by atoms with van der Waals surface area (Å²) in [6.07, 6.45) is 2.03. The molecule has 1 aliphatic heterocycles. The number of aliphatic imine (C=N–C) groups is 1. The van der Waals surface area contributed by atoms with Gasteiger partial charge in [0.15, 0.2) is 5.17 Å². The first-order valence-electron chi connectivity index (χ1n) is 7.88. The molecule has 0 saturated carbocycles. The molecule has 5 heteroatoms. The van der Waals surface area contributed by atoms with Gasteiger partial charge in [-0.25, -0.2) is 4.99 Å². The van der Waals surface area contributed by atoms with Crippen molar-refractivity contribution in [2.24, 2.45) is 10.1 Å². The van der Waals surface area contributed by atoms with E-state index in [0.717, 1.165) is 33.4 Å². The van der Waals surface area contributed by atoms with E-state index >= 15 is 0 Å². The molecular weight excluding hydrogens is 316 g/mol. The van der Waals surface area contributed by atoms with Gasteiger partial charge in [0.25, 0.3) is 0 Å². The fraction of sp³-hybridized carbons (Fsp3) is 0.158. The van der Waals surface area contributed by atoms with Crippen molar-refractivity contribution in [1.82, 2.24) is 10.4 Å². The molecule has 1 aliphatic rings. The van der Waals surface area contributed by atoms with E-state index in [9.17, 15) is 0 Å². The molecule has 4 nitrogen and oxygen atoms in total. The molecule has 0 fully saturated rings.